The molecule has 0 fully saturated rings. The van der Waals surface area contributed by atoms with Crippen LogP contribution < -0.4 is 5.32 Å². The van der Waals surface area contributed by atoms with Crippen LogP contribution in [0.15, 0.2) is 77.3 Å². The summed E-state index contributed by atoms with van der Waals surface area (Å²) in [6.45, 7) is 0. The number of aromatic nitrogens is 2. The van der Waals surface area contributed by atoms with Crippen molar-refractivity contribution in [3.05, 3.63) is 87.4 Å². The highest BCUT2D eigenvalue weighted by Crippen LogP contribution is 2.30. The number of non-ortho nitro benzene ring substituents is 1. The zero-order valence-electron chi connectivity index (χ0n) is 14.0. The molecule has 0 aliphatic heterocycles. The average Bonchev–Trinajstić information content (AvgIpc) is 2.69. The van der Waals surface area contributed by atoms with E-state index in [9.17, 15) is 10.1 Å². The van der Waals surface area contributed by atoms with Gasteiger partial charge in [0, 0.05) is 33.2 Å². The summed E-state index contributed by atoms with van der Waals surface area (Å²) in [6, 6.07) is 21.9. The van der Waals surface area contributed by atoms with E-state index in [4.69, 9.17) is 0 Å². The molecule has 6 nitrogen and oxygen atoms in total. The summed E-state index contributed by atoms with van der Waals surface area (Å²) >= 11 is 3.50. The predicted molar refractivity (Wildman–Crippen MR) is 109 cm³/mol. The molecule has 1 heterocycles. The average molecular weight is 421 g/mol. The summed E-state index contributed by atoms with van der Waals surface area (Å²) in [5, 5.41) is 14.9. The first-order chi connectivity index (χ1) is 13.1. The van der Waals surface area contributed by atoms with Gasteiger partial charge in [0.05, 0.1) is 16.1 Å². The van der Waals surface area contributed by atoms with E-state index in [2.05, 4.69) is 31.2 Å². The number of nitrogens with zero attached hydrogens (tertiary/aromatic N) is 3. The van der Waals surface area contributed by atoms with Crippen molar-refractivity contribution >= 4 is 44.2 Å². The maximum absolute atomic E-state index is 10.8. The van der Waals surface area contributed by atoms with E-state index in [0.29, 0.717) is 11.6 Å². The van der Waals surface area contributed by atoms with Crippen LogP contribution in [0, 0.1) is 10.1 Å². The minimum atomic E-state index is -0.429. The lowest BCUT2D eigenvalue weighted by atomic mass is 10.1. The number of nitro groups is 1. The van der Waals surface area contributed by atoms with Crippen LogP contribution in [0.4, 0.5) is 17.3 Å². The number of nitro benzene ring substituents is 1. The third kappa shape index (κ3) is 3.63. The molecular weight excluding hydrogens is 408 g/mol. The van der Waals surface area contributed by atoms with Crippen LogP contribution in [-0.2, 0) is 0 Å². The van der Waals surface area contributed by atoms with Crippen LogP contribution in [0.5, 0.6) is 0 Å². The Bertz CT molecular complexity index is 1130. The molecule has 0 radical (unpaired) electrons. The lowest BCUT2D eigenvalue weighted by molar-refractivity contribution is -0.384. The van der Waals surface area contributed by atoms with Gasteiger partial charge >= 0.3 is 0 Å². The van der Waals surface area contributed by atoms with Crippen molar-refractivity contribution in [3.8, 4) is 11.3 Å². The second-order valence-corrected chi connectivity index (χ2v) is 6.77. The van der Waals surface area contributed by atoms with Crippen molar-refractivity contribution < 1.29 is 4.92 Å². The Labute approximate surface area is 163 Å². The topological polar surface area (TPSA) is 81.0 Å². The summed E-state index contributed by atoms with van der Waals surface area (Å²) in [5.41, 5.74) is 3.31. The van der Waals surface area contributed by atoms with Gasteiger partial charge in [-0.2, -0.15) is 0 Å². The molecule has 4 aromatic rings. The number of benzene rings is 3. The van der Waals surface area contributed by atoms with E-state index >= 15 is 0 Å². The number of nitrogens with one attached hydrogen (secondary N) is 1. The fourth-order valence-electron chi connectivity index (χ4n) is 2.77. The summed E-state index contributed by atoms with van der Waals surface area (Å²) in [5.74, 6) is 0.428. The number of rotatable bonds is 4. The van der Waals surface area contributed by atoms with E-state index in [0.717, 1.165) is 26.6 Å². The second kappa shape index (κ2) is 7.13. The fourth-order valence-corrected chi connectivity index (χ4v) is 3.13. The van der Waals surface area contributed by atoms with Crippen molar-refractivity contribution in [2.75, 3.05) is 5.32 Å². The van der Waals surface area contributed by atoms with E-state index < -0.39 is 4.92 Å². The van der Waals surface area contributed by atoms with Crippen molar-refractivity contribution in [3.63, 3.8) is 0 Å². The second-order valence-electron chi connectivity index (χ2n) is 5.85. The van der Waals surface area contributed by atoms with E-state index in [-0.39, 0.29) is 5.69 Å². The van der Waals surface area contributed by atoms with Crippen LogP contribution >= 0.6 is 15.9 Å². The molecule has 0 amide bonds. The first-order valence-electron chi connectivity index (χ1n) is 8.14. The maximum atomic E-state index is 10.8. The van der Waals surface area contributed by atoms with Gasteiger partial charge in [0.15, 0.2) is 0 Å². The van der Waals surface area contributed by atoms with Gasteiger partial charge in [-0.3, -0.25) is 10.1 Å². The van der Waals surface area contributed by atoms with Crippen LogP contribution in [0.2, 0.25) is 0 Å². The van der Waals surface area contributed by atoms with Crippen LogP contribution in [0.3, 0.4) is 0 Å². The summed E-state index contributed by atoms with van der Waals surface area (Å²) in [6.07, 6.45) is 0. The standard InChI is InChI=1S/C20H13BrN4O2/c21-14-6-11-18-17(12-14)19(13-4-2-1-3-5-13)24-20(23-18)22-15-7-9-16(10-8-15)25(26)27/h1-12H,(H,22,23,24). The van der Waals surface area contributed by atoms with Gasteiger partial charge in [0.1, 0.15) is 0 Å². The highest BCUT2D eigenvalue weighted by atomic mass is 79.9. The Morgan fingerprint density at radius 1 is 0.926 bits per heavy atom. The largest absolute Gasteiger partial charge is 0.324 e. The normalized spacial score (nSPS) is 10.7. The van der Waals surface area contributed by atoms with E-state index in [1.54, 1.807) is 12.1 Å². The predicted octanol–water partition coefficient (Wildman–Crippen LogP) is 5.71. The molecule has 4 rings (SSSR count). The van der Waals surface area contributed by atoms with Gasteiger partial charge < -0.3 is 5.32 Å². The Kier molecular flexibility index (Phi) is 4.52. The molecule has 0 spiro atoms. The molecule has 0 saturated heterocycles. The molecule has 0 aliphatic carbocycles. The van der Waals surface area contributed by atoms with Gasteiger partial charge in [-0.15, -0.1) is 0 Å². The molecule has 1 aromatic heterocycles. The summed E-state index contributed by atoms with van der Waals surface area (Å²) in [7, 11) is 0. The molecule has 3 aromatic carbocycles. The number of halogens is 1. The van der Waals surface area contributed by atoms with Crippen molar-refractivity contribution in [2.45, 2.75) is 0 Å². The zero-order valence-corrected chi connectivity index (χ0v) is 15.6. The first kappa shape index (κ1) is 17.1. The SMILES string of the molecule is O=[N+]([O-])c1ccc(Nc2nc(-c3ccccc3)c3cc(Br)ccc3n2)cc1. The third-order valence-corrected chi connectivity index (χ3v) is 4.53. The lowest BCUT2D eigenvalue weighted by Gasteiger charge is -2.11. The Balaban J connectivity index is 1.79. The zero-order chi connectivity index (χ0) is 18.8. The van der Waals surface area contributed by atoms with E-state index in [1.807, 2.05) is 48.5 Å². The highest BCUT2D eigenvalue weighted by molar-refractivity contribution is 9.10. The first-order valence-corrected chi connectivity index (χ1v) is 8.94. The van der Waals surface area contributed by atoms with Gasteiger partial charge in [-0.05, 0) is 30.3 Å². The van der Waals surface area contributed by atoms with Crippen molar-refractivity contribution in [1.82, 2.24) is 9.97 Å². The number of fused-ring (bicyclic) bond motifs is 1. The van der Waals surface area contributed by atoms with Crippen molar-refractivity contribution in [2.24, 2.45) is 0 Å². The van der Waals surface area contributed by atoms with E-state index in [1.165, 1.54) is 12.1 Å². The molecule has 0 aliphatic rings. The Morgan fingerprint density at radius 3 is 2.37 bits per heavy atom. The maximum Gasteiger partial charge on any atom is 0.269 e. The molecule has 1 N–H and O–H groups in total. The van der Waals surface area contributed by atoms with Gasteiger partial charge in [0.25, 0.3) is 5.69 Å². The van der Waals surface area contributed by atoms with Gasteiger partial charge in [0.2, 0.25) is 5.95 Å². The van der Waals surface area contributed by atoms with Crippen molar-refractivity contribution in [1.29, 1.82) is 0 Å². The minimum Gasteiger partial charge on any atom is -0.324 e. The lowest BCUT2D eigenvalue weighted by Crippen LogP contribution is -2.00. The fraction of sp³-hybridized carbons (Fsp3) is 0. The van der Waals surface area contributed by atoms with Gasteiger partial charge in [-0.25, -0.2) is 9.97 Å². The molecule has 0 atom stereocenters. The van der Waals surface area contributed by atoms with Gasteiger partial charge in [-0.1, -0.05) is 46.3 Å². The summed E-state index contributed by atoms with van der Waals surface area (Å²) in [4.78, 5) is 19.6. The monoisotopic (exact) mass is 420 g/mol. The molecule has 27 heavy (non-hydrogen) atoms. The number of anilines is 2. The van der Waals surface area contributed by atoms with Crippen LogP contribution in [0.25, 0.3) is 22.2 Å². The minimum absolute atomic E-state index is 0.0369. The van der Waals surface area contributed by atoms with Crippen LogP contribution in [0.1, 0.15) is 0 Å². The quantitative estimate of drug-likeness (QED) is 0.337. The molecule has 0 bridgehead atoms. The molecule has 132 valence electrons. The number of hydrogen-bond acceptors (Lipinski definition) is 5. The Hall–Kier alpha value is -3.32. The van der Waals surface area contributed by atoms with Crippen LogP contribution in [-0.4, -0.2) is 14.9 Å². The highest BCUT2D eigenvalue weighted by Gasteiger charge is 2.11. The Morgan fingerprint density at radius 2 is 1.67 bits per heavy atom. The number of hydrogen-bond donors (Lipinski definition) is 1. The molecule has 0 unspecified atom stereocenters. The molecule has 0 saturated carbocycles. The molecule has 7 heteroatoms. The third-order valence-electron chi connectivity index (χ3n) is 4.04. The summed E-state index contributed by atoms with van der Waals surface area (Å²) < 4.78 is 0.951. The smallest absolute Gasteiger partial charge is 0.269 e. The molecular formula is C20H13BrN4O2.